The number of halogens is 1. The minimum absolute atomic E-state index is 0.0962. The predicted molar refractivity (Wildman–Crippen MR) is 138 cm³/mol. The van der Waals surface area contributed by atoms with Crippen LogP contribution in [-0.2, 0) is 9.59 Å². The minimum Gasteiger partial charge on any atom is -0.507 e. The summed E-state index contributed by atoms with van der Waals surface area (Å²) >= 11 is 6.03. The van der Waals surface area contributed by atoms with Gasteiger partial charge in [-0.05, 0) is 79.1 Å². The van der Waals surface area contributed by atoms with Crippen molar-refractivity contribution in [1.82, 2.24) is 0 Å². The van der Waals surface area contributed by atoms with E-state index < -0.39 is 17.7 Å². The van der Waals surface area contributed by atoms with Gasteiger partial charge in [-0.1, -0.05) is 24.6 Å². The van der Waals surface area contributed by atoms with Gasteiger partial charge >= 0.3 is 0 Å². The highest BCUT2D eigenvalue weighted by Crippen LogP contribution is 2.44. The lowest BCUT2D eigenvalue weighted by atomic mass is 9.94. The third-order valence-electron chi connectivity index (χ3n) is 5.98. The second-order valence-electron chi connectivity index (χ2n) is 8.41. The first kappa shape index (κ1) is 25.1. The highest BCUT2D eigenvalue weighted by atomic mass is 35.5. The van der Waals surface area contributed by atoms with Crippen molar-refractivity contribution >= 4 is 34.7 Å². The predicted octanol–water partition coefficient (Wildman–Crippen LogP) is 5.78. The molecule has 186 valence electrons. The van der Waals surface area contributed by atoms with Gasteiger partial charge in [-0.15, -0.1) is 0 Å². The molecule has 3 aromatic carbocycles. The number of methoxy groups -OCH3 is 1. The van der Waals surface area contributed by atoms with Gasteiger partial charge in [0.15, 0.2) is 11.5 Å². The SMILES string of the molecule is CCCOc1ccc(/C(O)=C2/C(=O)C(=O)N(c3ccc(Cl)cc3)C2c2ccc(OC)c(O)c2)cc1C. The van der Waals surface area contributed by atoms with Crippen LogP contribution in [0.15, 0.2) is 66.2 Å². The zero-order valence-electron chi connectivity index (χ0n) is 20.1. The van der Waals surface area contributed by atoms with Crippen molar-refractivity contribution < 1.29 is 29.3 Å². The van der Waals surface area contributed by atoms with Crippen molar-refractivity contribution in [1.29, 1.82) is 0 Å². The Morgan fingerprint density at radius 1 is 1.03 bits per heavy atom. The number of phenolic OH excluding ortho intramolecular Hbond substituents is 1. The van der Waals surface area contributed by atoms with E-state index in [1.807, 2.05) is 13.8 Å². The van der Waals surface area contributed by atoms with Crippen LogP contribution in [0.1, 0.15) is 36.1 Å². The van der Waals surface area contributed by atoms with Crippen LogP contribution >= 0.6 is 11.6 Å². The van der Waals surface area contributed by atoms with E-state index in [4.69, 9.17) is 21.1 Å². The van der Waals surface area contributed by atoms with Gasteiger partial charge in [-0.25, -0.2) is 0 Å². The average Bonchev–Trinajstić information content (AvgIpc) is 3.13. The molecule has 2 N–H and O–H groups in total. The highest BCUT2D eigenvalue weighted by molar-refractivity contribution is 6.51. The van der Waals surface area contributed by atoms with E-state index in [2.05, 4.69) is 0 Å². The van der Waals surface area contributed by atoms with Gasteiger partial charge in [0.1, 0.15) is 11.5 Å². The van der Waals surface area contributed by atoms with Gasteiger partial charge in [0, 0.05) is 16.3 Å². The fourth-order valence-electron chi connectivity index (χ4n) is 4.22. The molecule has 0 bridgehead atoms. The summed E-state index contributed by atoms with van der Waals surface area (Å²) in [7, 11) is 1.42. The Morgan fingerprint density at radius 2 is 1.72 bits per heavy atom. The fourth-order valence-corrected chi connectivity index (χ4v) is 4.35. The molecule has 0 aromatic heterocycles. The normalized spacial score (nSPS) is 16.9. The summed E-state index contributed by atoms with van der Waals surface area (Å²) in [5, 5.41) is 22.2. The maximum absolute atomic E-state index is 13.3. The van der Waals surface area contributed by atoms with Gasteiger partial charge in [0.25, 0.3) is 11.7 Å². The lowest BCUT2D eigenvalue weighted by Crippen LogP contribution is -2.29. The number of aliphatic hydroxyl groups is 1. The molecule has 0 radical (unpaired) electrons. The molecule has 1 unspecified atom stereocenters. The van der Waals surface area contributed by atoms with E-state index in [-0.39, 0.29) is 22.8 Å². The number of aryl methyl sites for hydroxylation is 1. The number of ether oxygens (including phenoxy) is 2. The lowest BCUT2D eigenvalue weighted by Gasteiger charge is -2.26. The molecule has 4 rings (SSSR count). The molecule has 1 fully saturated rings. The van der Waals surface area contributed by atoms with Crippen LogP contribution in [0.2, 0.25) is 5.02 Å². The van der Waals surface area contributed by atoms with Gasteiger partial charge in [0.2, 0.25) is 0 Å². The third kappa shape index (κ3) is 4.62. The summed E-state index contributed by atoms with van der Waals surface area (Å²) in [4.78, 5) is 27.9. The number of Topliss-reactive ketones (excluding diaryl/α,β-unsaturated/α-hetero) is 1. The first-order valence-corrected chi connectivity index (χ1v) is 11.8. The molecule has 1 aliphatic heterocycles. The van der Waals surface area contributed by atoms with Gasteiger partial charge in [-0.3, -0.25) is 14.5 Å². The molecule has 1 heterocycles. The smallest absolute Gasteiger partial charge is 0.300 e. The molecule has 0 aliphatic carbocycles. The summed E-state index contributed by atoms with van der Waals surface area (Å²) in [6.07, 6.45) is 0.851. The fraction of sp³-hybridized carbons (Fsp3) is 0.214. The topological polar surface area (TPSA) is 96.3 Å². The van der Waals surface area contributed by atoms with Crippen molar-refractivity contribution in [2.24, 2.45) is 0 Å². The summed E-state index contributed by atoms with van der Waals surface area (Å²) < 4.78 is 10.9. The number of amides is 1. The molecule has 1 atom stereocenters. The van der Waals surface area contributed by atoms with E-state index >= 15 is 0 Å². The van der Waals surface area contributed by atoms with Crippen molar-refractivity contribution in [2.45, 2.75) is 26.3 Å². The number of benzene rings is 3. The van der Waals surface area contributed by atoms with Crippen LogP contribution in [0.25, 0.3) is 5.76 Å². The molecular weight excluding hydrogens is 482 g/mol. The summed E-state index contributed by atoms with van der Waals surface area (Å²) in [5.74, 6) is -1.22. The Kier molecular flexibility index (Phi) is 7.22. The number of nitrogens with zero attached hydrogens (tertiary/aromatic N) is 1. The Labute approximate surface area is 214 Å². The van der Waals surface area contributed by atoms with Gasteiger partial charge in [0.05, 0.1) is 25.3 Å². The Bertz CT molecular complexity index is 1350. The molecule has 0 saturated carbocycles. The third-order valence-corrected chi connectivity index (χ3v) is 6.23. The summed E-state index contributed by atoms with van der Waals surface area (Å²) in [6, 6.07) is 15.1. The van der Waals surface area contributed by atoms with E-state index in [9.17, 15) is 19.8 Å². The number of phenols is 1. The molecular formula is C28H26ClNO6. The van der Waals surface area contributed by atoms with Crippen molar-refractivity contribution in [3.63, 3.8) is 0 Å². The molecule has 7 nitrogen and oxygen atoms in total. The number of hydrogen-bond acceptors (Lipinski definition) is 6. The number of rotatable bonds is 7. The molecule has 1 saturated heterocycles. The van der Waals surface area contributed by atoms with Crippen molar-refractivity contribution in [3.8, 4) is 17.2 Å². The largest absolute Gasteiger partial charge is 0.507 e. The number of ketones is 1. The molecule has 0 spiro atoms. The zero-order valence-corrected chi connectivity index (χ0v) is 20.9. The van der Waals surface area contributed by atoms with Gasteiger partial charge < -0.3 is 19.7 Å². The van der Waals surface area contributed by atoms with E-state index in [0.717, 1.165) is 12.0 Å². The van der Waals surface area contributed by atoms with E-state index in [1.54, 1.807) is 48.5 Å². The standard InChI is InChI=1S/C28H26ClNO6/c1-4-13-36-22-11-6-18(14-16(22)2)26(32)24-25(17-5-12-23(35-3)21(31)15-17)30(28(34)27(24)33)20-9-7-19(29)8-10-20/h5-12,14-15,25,31-32H,4,13H2,1-3H3/b26-24-. The van der Waals surface area contributed by atoms with Gasteiger partial charge in [-0.2, -0.15) is 0 Å². The second-order valence-corrected chi connectivity index (χ2v) is 8.84. The zero-order chi connectivity index (χ0) is 26.0. The molecule has 8 heteroatoms. The molecule has 1 aliphatic rings. The van der Waals surface area contributed by atoms with E-state index in [0.29, 0.717) is 34.2 Å². The average molecular weight is 508 g/mol. The quantitative estimate of drug-likeness (QED) is 0.239. The number of anilines is 1. The molecule has 1 amide bonds. The van der Waals surface area contributed by atoms with Crippen LogP contribution in [0.3, 0.4) is 0 Å². The Morgan fingerprint density at radius 3 is 2.33 bits per heavy atom. The summed E-state index contributed by atoms with van der Waals surface area (Å²) in [5.41, 5.74) is 1.89. The van der Waals surface area contributed by atoms with Crippen LogP contribution < -0.4 is 14.4 Å². The van der Waals surface area contributed by atoms with Crippen LogP contribution in [0.5, 0.6) is 17.2 Å². The number of hydrogen-bond donors (Lipinski definition) is 2. The van der Waals surface area contributed by atoms with Crippen molar-refractivity contribution in [3.05, 3.63) is 87.9 Å². The monoisotopic (exact) mass is 507 g/mol. The van der Waals surface area contributed by atoms with Crippen LogP contribution in [0.4, 0.5) is 5.69 Å². The summed E-state index contributed by atoms with van der Waals surface area (Å²) in [6.45, 7) is 4.40. The first-order chi connectivity index (χ1) is 17.3. The number of carbonyl (C=O) groups is 2. The number of carbonyl (C=O) groups excluding carboxylic acids is 2. The Balaban J connectivity index is 1.89. The first-order valence-electron chi connectivity index (χ1n) is 11.4. The molecule has 36 heavy (non-hydrogen) atoms. The van der Waals surface area contributed by atoms with Crippen LogP contribution in [0, 0.1) is 6.92 Å². The second kappa shape index (κ2) is 10.3. The van der Waals surface area contributed by atoms with Crippen molar-refractivity contribution in [2.75, 3.05) is 18.6 Å². The lowest BCUT2D eigenvalue weighted by molar-refractivity contribution is -0.132. The minimum atomic E-state index is -1.00. The maximum Gasteiger partial charge on any atom is 0.300 e. The highest BCUT2D eigenvalue weighted by Gasteiger charge is 2.47. The number of aliphatic hydroxyl groups excluding tert-OH is 1. The maximum atomic E-state index is 13.3. The molecule has 3 aromatic rings. The Hall–Kier alpha value is -3.97. The van der Waals surface area contributed by atoms with Crippen LogP contribution in [-0.4, -0.2) is 35.6 Å². The number of aromatic hydroxyl groups is 1. The van der Waals surface area contributed by atoms with E-state index in [1.165, 1.54) is 24.1 Å².